The van der Waals surface area contributed by atoms with Crippen LogP contribution in [-0.4, -0.2) is 12.6 Å². The summed E-state index contributed by atoms with van der Waals surface area (Å²) in [5, 5.41) is 16.4. The van der Waals surface area contributed by atoms with Crippen molar-refractivity contribution in [3.63, 3.8) is 0 Å². The van der Waals surface area contributed by atoms with E-state index in [-0.39, 0.29) is 25.0 Å². The molecule has 0 rings (SSSR count). The summed E-state index contributed by atoms with van der Waals surface area (Å²) in [6.07, 6.45) is 0.755. The van der Waals surface area contributed by atoms with Gasteiger partial charge < -0.3 is 4.74 Å². The predicted molar refractivity (Wildman–Crippen MR) is 45.2 cm³/mol. The minimum Gasteiger partial charge on any atom is -0.461 e. The molecule has 0 aliphatic rings. The van der Waals surface area contributed by atoms with Gasteiger partial charge in [0.05, 0.1) is 18.6 Å². The fourth-order valence-electron chi connectivity index (χ4n) is 0.600. The lowest BCUT2D eigenvalue weighted by molar-refractivity contribution is -0.138. The van der Waals surface area contributed by atoms with Crippen LogP contribution in [0.2, 0.25) is 0 Å². The first kappa shape index (κ1) is 11.2. The third kappa shape index (κ3) is 5.46. The monoisotopic (exact) mass is 178 g/mol. The SMILES string of the molecule is C=C(CCC#N)C(=O)OCCC#N. The van der Waals surface area contributed by atoms with Crippen LogP contribution in [0, 0.1) is 22.7 Å². The van der Waals surface area contributed by atoms with Crippen molar-refractivity contribution in [3.05, 3.63) is 12.2 Å². The molecule has 0 atom stereocenters. The van der Waals surface area contributed by atoms with Crippen molar-refractivity contribution in [2.75, 3.05) is 6.61 Å². The second-order valence-electron chi connectivity index (χ2n) is 2.31. The van der Waals surface area contributed by atoms with Gasteiger partial charge in [-0.25, -0.2) is 4.79 Å². The molecule has 68 valence electrons. The summed E-state index contributed by atoms with van der Waals surface area (Å²) in [5.41, 5.74) is 0.277. The van der Waals surface area contributed by atoms with E-state index in [2.05, 4.69) is 11.3 Å². The summed E-state index contributed by atoms with van der Waals surface area (Å²) >= 11 is 0. The molecule has 0 aromatic carbocycles. The van der Waals surface area contributed by atoms with E-state index in [1.54, 1.807) is 0 Å². The molecule has 0 unspecified atom stereocenters. The fraction of sp³-hybridized carbons (Fsp3) is 0.444. The van der Waals surface area contributed by atoms with E-state index in [4.69, 9.17) is 10.5 Å². The molecule has 4 nitrogen and oxygen atoms in total. The first-order valence-electron chi connectivity index (χ1n) is 3.81. The molecular formula is C9H10N2O2. The second kappa shape index (κ2) is 6.87. The van der Waals surface area contributed by atoms with Crippen molar-refractivity contribution in [1.82, 2.24) is 0 Å². The van der Waals surface area contributed by atoms with Crippen LogP contribution in [0.4, 0.5) is 0 Å². The Hall–Kier alpha value is -1.81. The zero-order valence-electron chi connectivity index (χ0n) is 7.25. The van der Waals surface area contributed by atoms with Crippen molar-refractivity contribution in [3.8, 4) is 12.1 Å². The molecule has 0 aromatic heterocycles. The van der Waals surface area contributed by atoms with Gasteiger partial charge in [-0.2, -0.15) is 10.5 Å². The zero-order valence-corrected chi connectivity index (χ0v) is 7.25. The molecule has 0 fully saturated rings. The van der Waals surface area contributed by atoms with Gasteiger partial charge in [-0.1, -0.05) is 6.58 Å². The number of rotatable bonds is 5. The van der Waals surface area contributed by atoms with Gasteiger partial charge in [0, 0.05) is 12.0 Å². The van der Waals surface area contributed by atoms with E-state index in [1.165, 1.54) is 0 Å². The van der Waals surface area contributed by atoms with Gasteiger partial charge in [-0.15, -0.1) is 0 Å². The summed E-state index contributed by atoms with van der Waals surface area (Å²) in [4.78, 5) is 11.0. The van der Waals surface area contributed by atoms with Crippen LogP contribution in [0.1, 0.15) is 19.3 Å². The Labute approximate surface area is 77.0 Å². The molecule has 0 aliphatic carbocycles. The Morgan fingerprint density at radius 1 is 1.31 bits per heavy atom. The third-order valence-corrected chi connectivity index (χ3v) is 1.27. The highest BCUT2D eigenvalue weighted by Gasteiger charge is 2.06. The summed E-state index contributed by atoms with van der Waals surface area (Å²) in [6.45, 7) is 3.55. The van der Waals surface area contributed by atoms with Crippen LogP contribution in [0.25, 0.3) is 0 Å². The van der Waals surface area contributed by atoms with Crippen molar-refractivity contribution in [2.45, 2.75) is 19.3 Å². The number of ether oxygens (including phenoxy) is 1. The first-order chi connectivity index (χ1) is 6.22. The lowest BCUT2D eigenvalue weighted by Crippen LogP contribution is -2.07. The molecule has 0 N–H and O–H groups in total. The lowest BCUT2D eigenvalue weighted by atomic mass is 10.2. The summed E-state index contributed by atoms with van der Waals surface area (Å²) in [5.74, 6) is -0.523. The van der Waals surface area contributed by atoms with Crippen LogP contribution in [0.5, 0.6) is 0 Å². The molecule has 4 heteroatoms. The lowest BCUT2D eigenvalue weighted by Gasteiger charge is -2.02. The minimum atomic E-state index is -0.523. The van der Waals surface area contributed by atoms with E-state index >= 15 is 0 Å². The molecule has 0 aromatic rings. The maximum Gasteiger partial charge on any atom is 0.333 e. The smallest absolute Gasteiger partial charge is 0.333 e. The zero-order chi connectivity index (χ0) is 10.1. The van der Waals surface area contributed by atoms with E-state index in [0.29, 0.717) is 6.42 Å². The molecule has 0 saturated carbocycles. The Kier molecular flexibility index (Phi) is 5.92. The van der Waals surface area contributed by atoms with Gasteiger partial charge in [0.15, 0.2) is 0 Å². The van der Waals surface area contributed by atoms with Crippen molar-refractivity contribution < 1.29 is 9.53 Å². The maximum absolute atomic E-state index is 11.0. The van der Waals surface area contributed by atoms with Crippen LogP contribution in [0.3, 0.4) is 0 Å². The van der Waals surface area contributed by atoms with Crippen LogP contribution >= 0.6 is 0 Å². The fourth-order valence-corrected chi connectivity index (χ4v) is 0.600. The van der Waals surface area contributed by atoms with Crippen LogP contribution < -0.4 is 0 Å². The Morgan fingerprint density at radius 3 is 2.46 bits per heavy atom. The van der Waals surface area contributed by atoms with Crippen molar-refractivity contribution in [1.29, 1.82) is 10.5 Å². The number of hydrogen-bond acceptors (Lipinski definition) is 4. The van der Waals surface area contributed by atoms with Gasteiger partial charge in [0.25, 0.3) is 0 Å². The van der Waals surface area contributed by atoms with Gasteiger partial charge in [-0.3, -0.25) is 0 Å². The van der Waals surface area contributed by atoms with Gasteiger partial charge in [-0.05, 0) is 6.42 Å². The Balaban J connectivity index is 3.66. The standard InChI is InChI=1S/C9H10N2O2/c1-8(4-2-5-10)9(12)13-7-3-6-11/h1-4,7H2. The number of hydrogen-bond donors (Lipinski definition) is 0. The average molecular weight is 178 g/mol. The average Bonchev–Trinajstić information content (AvgIpc) is 2.14. The highest BCUT2D eigenvalue weighted by Crippen LogP contribution is 2.03. The summed E-state index contributed by atoms with van der Waals surface area (Å²) in [6, 6.07) is 3.75. The van der Waals surface area contributed by atoms with E-state index in [0.717, 1.165) is 0 Å². The number of carbonyl (C=O) groups excluding carboxylic acids is 1. The second-order valence-corrected chi connectivity index (χ2v) is 2.31. The first-order valence-corrected chi connectivity index (χ1v) is 3.81. The van der Waals surface area contributed by atoms with Gasteiger partial charge in [0.1, 0.15) is 6.61 Å². The molecule has 0 bridgehead atoms. The van der Waals surface area contributed by atoms with Crippen molar-refractivity contribution in [2.24, 2.45) is 0 Å². The maximum atomic E-state index is 11.0. The molecule has 0 aliphatic heterocycles. The van der Waals surface area contributed by atoms with Gasteiger partial charge >= 0.3 is 5.97 Å². The van der Waals surface area contributed by atoms with E-state index in [1.807, 2.05) is 12.1 Å². The van der Waals surface area contributed by atoms with Crippen LogP contribution in [0.15, 0.2) is 12.2 Å². The summed E-state index contributed by atoms with van der Waals surface area (Å²) < 4.78 is 4.67. The predicted octanol–water partition coefficient (Wildman–Crippen LogP) is 1.30. The van der Waals surface area contributed by atoms with Crippen molar-refractivity contribution >= 4 is 5.97 Å². The molecule has 0 saturated heterocycles. The largest absolute Gasteiger partial charge is 0.461 e. The molecule has 0 amide bonds. The number of esters is 1. The Bertz CT molecular complexity index is 270. The molecule has 13 heavy (non-hydrogen) atoms. The van der Waals surface area contributed by atoms with Gasteiger partial charge in [0.2, 0.25) is 0 Å². The Morgan fingerprint density at radius 2 is 1.92 bits per heavy atom. The van der Waals surface area contributed by atoms with E-state index < -0.39 is 5.97 Å². The molecular weight excluding hydrogens is 168 g/mol. The molecule has 0 radical (unpaired) electrons. The normalized spacial score (nSPS) is 8.15. The highest BCUT2D eigenvalue weighted by atomic mass is 16.5. The molecule has 0 spiro atoms. The molecule has 0 heterocycles. The highest BCUT2D eigenvalue weighted by molar-refractivity contribution is 5.87. The summed E-state index contributed by atoms with van der Waals surface area (Å²) in [7, 11) is 0. The van der Waals surface area contributed by atoms with E-state index in [9.17, 15) is 4.79 Å². The number of nitrogens with zero attached hydrogens (tertiary/aromatic N) is 2. The quantitative estimate of drug-likeness (QED) is 0.361. The number of nitriles is 2. The topological polar surface area (TPSA) is 73.9 Å². The minimum absolute atomic E-state index is 0.0842. The van der Waals surface area contributed by atoms with Crippen LogP contribution in [-0.2, 0) is 9.53 Å². The third-order valence-electron chi connectivity index (χ3n) is 1.27. The number of carbonyl (C=O) groups is 1.